The van der Waals surface area contributed by atoms with Gasteiger partial charge in [-0.1, -0.05) is 0 Å². The van der Waals surface area contributed by atoms with Crippen LogP contribution < -0.4 is 0 Å². The summed E-state index contributed by atoms with van der Waals surface area (Å²) in [4.78, 5) is 10.4. The van der Waals surface area contributed by atoms with Crippen LogP contribution >= 0.6 is 0 Å². The number of rotatable bonds is 6. The number of sulfonamides is 1. The number of carboxylic acids is 1. The highest BCUT2D eigenvalue weighted by Crippen LogP contribution is 2.44. The summed E-state index contributed by atoms with van der Waals surface area (Å²) in [6, 6.07) is 0. The normalized spacial score (nSPS) is 19.1. The number of hydrogen-bond donors (Lipinski definition) is 1. The van der Waals surface area contributed by atoms with Gasteiger partial charge in [0.25, 0.3) is 0 Å². The van der Waals surface area contributed by atoms with Crippen LogP contribution in [0.15, 0.2) is 0 Å². The molecule has 0 atom stereocenters. The molecule has 6 nitrogen and oxygen atoms in total. The first-order valence-corrected chi connectivity index (χ1v) is 5.96. The Morgan fingerprint density at radius 2 is 2.07 bits per heavy atom. The van der Waals surface area contributed by atoms with Crippen molar-refractivity contribution in [3.05, 3.63) is 0 Å². The van der Waals surface area contributed by atoms with Gasteiger partial charge in [-0.3, -0.25) is 4.79 Å². The number of carboxylic acid groups (broad SMARTS) is 1. The van der Waals surface area contributed by atoms with E-state index in [1.807, 2.05) is 0 Å². The maximum atomic E-state index is 11.9. The molecule has 0 amide bonds. The first-order valence-electron chi connectivity index (χ1n) is 4.52. The minimum absolute atomic E-state index is 0.124. The van der Waals surface area contributed by atoms with Crippen molar-refractivity contribution in [2.24, 2.45) is 0 Å². The summed E-state index contributed by atoms with van der Waals surface area (Å²) in [6.45, 7) is -0.382. The van der Waals surface area contributed by atoms with Crippen molar-refractivity contribution < 1.29 is 23.1 Å². The number of aliphatic carboxylic acids is 1. The van der Waals surface area contributed by atoms with Crippen LogP contribution in [0.4, 0.5) is 0 Å². The van der Waals surface area contributed by atoms with Gasteiger partial charge in [0, 0.05) is 14.2 Å². The molecule has 7 heteroatoms. The highest BCUT2D eigenvalue weighted by atomic mass is 32.2. The van der Waals surface area contributed by atoms with Gasteiger partial charge in [-0.15, -0.1) is 0 Å². The van der Waals surface area contributed by atoms with Gasteiger partial charge >= 0.3 is 5.97 Å². The molecule has 0 radical (unpaired) electrons. The van der Waals surface area contributed by atoms with Gasteiger partial charge in [0.05, 0.1) is 6.61 Å². The maximum Gasteiger partial charge on any atom is 0.318 e. The van der Waals surface area contributed by atoms with Crippen molar-refractivity contribution in [1.29, 1.82) is 0 Å². The van der Waals surface area contributed by atoms with Crippen molar-refractivity contribution in [1.82, 2.24) is 4.31 Å². The molecule has 0 heterocycles. The van der Waals surface area contributed by atoms with Crippen LogP contribution in [-0.4, -0.2) is 55.9 Å². The molecule has 0 aliphatic heterocycles. The SMILES string of the molecule is COCC1(S(=O)(=O)N(C)CC(=O)O)CC1. The molecule has 0 saturated heterocycles. The summed E-state index contributed by atoms with van der Waals surface area (Å²) < 4.78 is 28.7. The molecule has 1 aliphatic carbocycles. The van der Waals surface area contributed by atoms with Crippen LogP contribution in [0, 0.1) is 0 Å². The van der Waals surface area contributed by atoms with Crippen LogP contribution in [0.25, 0.3) is 0 Å². The lowest BCUT2D eigenvalue weighted by Crippen LogP contribution is -2.42. The molecule has 0 unspecified atom stereocenters. The summed E-state index contributed by atoms with van der Waals surface area (Å²) in [6.07, 6.45) is 1.07. The molecule has 1 saturated carbocycles. The van der Waals surface area contributed by atoms with E-state index in [4.69, 9.17) is 9.84 Å². The Kier molecular flexibility index (Phi) is 3.37. The average Bonchev–Trinajstić information content (AvgIpc) is 2.85. The fraction of sp³-hybridized carbons (Fsp3) is 0.875. The lowest BCUT2D eigenvalue weighted by atomic mass is 10.4. The van der Waals surface area contributed by atoms with E-state index in [-0.39, 0.29) is 6.61 Å². The number of hydrogen-bond acceptors (Lipinski definition) is 4. The fourth-order valence-electron chi connectivity index (χ4n) is 1.49. The summed E-state index contributed by atoms with van der Waals surface area (Å²) in [5, 5.41) is 8.53. The third-order valence-electron chi connectivity index (χ3n) is 2.53. The monoisotopic (exact) mass is 237 g/mol. The maximum absolute atomic E-state index is 11.9. The molecule has 0 aromatic carbocycles. The van der Waals surface area contributed by atoms with Crippen molar-refractivity contribution in [3.63, 3.8) is 0 Å². The third-order valence-corrected chi connectivity index (χ3v) is 5.10. The second-order valence-electron chi connectivity index (χ2n) is 3.77. The van der Waals surface area contributed by atoms with Gasteiger partial charge in [0.15, 0.2) is 0 Å². The fourth-order valence-corrected chi connectivity index (χ4v) is 3.31. The Hall–Kier alpha value is -0.660. The smallest absolute Gasteiger partial charge is 0.318 e. The van der Waals surface area contributed by atoms with E-state index in [1.165, 1.54) is 14.2 Å². The topological polar surface area (TPSA) is 83.9 Å². The molecule has 1 aliphatic rings. The summed E-state index contributed by atoms with van der Waals surface area (Å²) in [7, 11) is -0.843. The lowest BCUT2D eigenvalue weighted by molar-refractivity contribution is -0.137. The Morgan fingerprint density at radius 1 is 1.53 bits per heavy atom. The zero-order valence-corrected chi connectivity index (χ0v) is 9.58. The van der Waals surface area contributed by atoms with Crippen LogP contribution in [0.2, 0.25) is 0 Å². The van der Waals surface area contributed by atoms with E-state index < -0.39 is 27.3 Å². The van der Waals surface area contributed by atoms with Gasteiger partial charge in [-0.05, 0) is 12.8 Å². The first kappa shape index (κ1) is 12.4. The average molecular weight is 237 g/mol. The number of methoxy groups -OCH3 is 1. The zero-order valence-electron chi connectivity index (χ0n) is 8.76. The van der Waals surface area contributed by atoms with E-state index in [9.17, 15) is 13.2 Å². The lowest BCUT2D eigenvalue weighted by Gasteiger charge is -2.22. The van der Waals surface area contributed by atoms with E-state index in [2.05, 4.69) is 0 Å². The van der Waals surface area contributed by atoms with Crippen molar-refractivity contribution >= 4 is 16.0 Å². The van der Waals surface area contributed by atoms with Crippen LogP contribution in [0.3, 0.4) is 0 Å². The van der Waals surface area contributed by atoms with E-state index in [0.717, 1.165) is 4.31 Å². The predicted molar refractivity (Wildman–Crippen MR) is 53.0 cm³/mol. The number of likely N-dealkylation sites (N-methyl/N-ethyl adjacent to an activating group) is 1. The largest absolute Gasteiger partial charge is 0.480 e. The van der Waals surface area contributed by atoms with Crippen molar-refractivity contribution in [2.75, 3.05) is 27.3 Å². The van der Waals surface area contributed by atoms with Crippen molar-refractivity contribution in [2.45, 2.75) is 17.6 Å². The molecule has 1 N–H and O–H groups in total. The second-order valence-corrected chi connectivity index (χ2v) is 6.21. The van der Waals surface area contributed by atoms with Crippen LogP contribution in [-0.2, 0) is 19.6 Å². The molecule has 15 heavy (non-hydrogen) atoms. The molecular formula is C8H15NO5S. The van der Waals surface area contributed by atoms with Crippen LogP contribution in [0.5, 0.6) is 0 Å². The quantitative estimate of drug-likeness (QED) is 0.674. The third kappa shape index (κ3) is 2.30. The van der Waals surface area contributed by atoms with Crippen molar-refractivity contribution in [3.8, 4) is 0 Å². The highest BCUT2D eigenvalue weighted by molar-refractivity contribution is 7.90. The molecular weight excluding hydrogens is 222 g/mol. The first-order chi connectivity index (χ1) is 6.85. The molecule has 88 valence electrons. The predicted octanol–water partition coefficient (Wildman–Crippen LogP) is -0.488. The van der Waals surface area contributed by atoms with Gasteiger partial charge in [0.2, 0.25) is 10.0 Å². The Bertz CT molecular complexity index is 346. The second kappa shape index (κ2) is 4.07. The van der Waals surface area contributed by atoms with Gasteiger partial charge in [-0.2, -0.15) is 4.31 Å². The number of carbonyl (C=O) groups is 1. The molecule has 0 bridgehead atoms. The van der Waals surface area contributed by atoms with E-state index >= 15 is 0 Å². The number of nitrogens with zero attached hydrogens (tertiary/aromatic N) is 1. The summed E-state index contributed by atoms with van der Waals surface area (Å²) >= 11 is 0. The number of ether oxygens (including phenoxy) is 1. The molecule has 0 aromatic heterocycles. The zero-order chi connectivity index (χ0) is 11.7. The molecule has 0 aromatic rings. The minimum Gasteiger partial charge on any atom is -0.480 e. The highest BCUT2D eigenvalue weighted by Gasteiger charge is 2.56. The summed E-state index contributed by atoms with van der Waals surface area (Å²) in [5.41, 5.74) is 0. The van der Waals surface area contributed by atoms with Gasteiger partial charge in [0.1, 0.15) is 11.3 Å². The van der Waals surface area contributed by atoms with Gasteiger partial charge < -0.3 is 9.84 Å². The van der Waals surface area contributed by atoms with E-state index in [0.29, 0.717) is 12.8 Å². The molecule has 1 fully saturated rings. The van der Waals surface area contributed by atoms with Crippen LogP contribution in [0.1, 0.15) is 12.8 Å². The Labute approximate surface area is 88.9 Å². The molecule has 1 rings (SSSR count). The minimum atomic E-state index is -3.56. The standard InChI is InChI=1S/C8H15NO5S/c1-9(5-7(10)11)15(12,13)8(3-4-8)6-14-2/h3-6H2,1-2H3,(H,10,11). The Balaban J connectivity index is 2.79. The van der Waals surface area contributed by atoms with E-state index in [1.54, 1.807) is 0 Å². The Morgan fingerprint density at radius 3 is 2.40 bits per heavy atom. The van der Waals surface area contributed by atoms with Gasteiger partial charge in [-0.25, -0.2) is 8.42 Å². The summed E-state index contributed by atoms with van der Waals surface area (Å²) in [5.74, 6) is -1.16. The molecule has 0 spiro atoms.